The molecule has 0 radical (unpaired) electrons. The van der Waals surface area contributed by atoms with E-state index in [2.05, 4.69) is 38.8 Å². The molecule has 0 atom stereocenters. The van der Waals surface area contributed by atoms with E-state index in [-0.39, 0.29) is 5.69 Å². The molecular weight excluding hydrogens is 244 g/mol. The maximum atomic E-state index is 11.2. The van der Waals surface area contributed by atoms with E-state index < -0.39 is 5.97 Å². The van der Waals surface area contributed by atoms with Crippen LogP contribution in [0.25, 0.3) is 0 Å². The molecule has 0 saturated carbocycles. The van der Waals surface area contributed by atoms with Gasteiger partial charge in [0.1, 0.15) is 5.82 Å². The second-order valence-electron chi connectivity index (χ2n) is 4.14. The topological polar surface area (TPSA) is 67.4 Å². The number of aromatic nitrogens is 2. The van der Waals surface area contributed by atoms with Crippen molar-refractivity contribution in [1.29, 1.82) is 0 Å². The molecule has 0 aliphatic heterocycles. The number of esters is 1. The Morgan fingerprint density at radius 1 is 1.32 bits per heavy atom. The lowest BCUT2D eigenvalue weighted by atomic mass is 10.4. The van der Waals surface area contributed by atoms with Crippen molar-refractivity contribution in [3.8, 4) is 0 Å². The first-order valence-corrected chi connectivity index (χ1v) is 6.57. The number of hydrogen-bond acceptors (Lipinski definition) is 6. The molecule has 0 unspecified atom stereocenters. The second-order valence-corrected chi connectivity index (χ2v) is 4.14. The molecule has 0 fully saturated rings. The van der Waals surface area contributed by atoms with Gasteiger partial charge in [0.2, 0.25) is 0 Å². The van der Waals surface area contributed by atoms with Gasteiger partial charge in [-0.25, -0.2) is 14.8 Å². The first-order valence-electron chi connectivity index (χ1n) is 6.57. The molecule has 0 bridgehead atoms. The summed E-state index contributed by atoms with van der Waals surface area (Å²) in [6.45, 7) is 8.24. The fourth-order valence-electron chi connectivity index (χ4n) is 1.72. The summed E-state index contributed by atoms with van der Waals surface area (Å²) in [5.41, 5.74) is 0.217. The molecule has 1 N–H and O–H groups in total. The van der Waals surface area contributed by atoms with E-state index in [0.29, 0.717) is 5.82 Å². The van der Waals surface area contributed by atoms with E-state index in [1.54, 1.807) is 6.20 Å². The summed E-state index contributed by atoms with van der Waals surface area (Å²) in [5.74, 6) is 0.194. The summed E-state index contributed by atoms with van der Waals surface area (Å²) in [7, 11) is 1.32. The Balaban J connectivity index is 2.39. The van der Waals surface area contributed by atoms with E-state index in [0.717, 1.165) is 32.6 Å². The van der Waals surface area contributed by atoms with Gasteiger partial charge in [0, 0.05) is 13.1 Å². The Morgan fingerprint density at radius 3 is 2.63 bits per heavy atom. The fraction of sp³-hybridized carbons (Fsp3) is 0.615. The summed E-state index contributed by atoms with van der Waals surface area (Å²) in [6.07, 6.45) is 4.11. The quantitative estimate of drug-likeness (QED) is 0.718. The molecule has 6 heteroatoms. The highest BCUT2D eigenvalue weighted by Gasteiger charge is 2.07. The van der Waals surface area contributed by atoms with E-state index >= 15 is 0 Å². The number of rotatable bonds is 8. The molecule has 6 nitrogen and oxygen atoms in total. The van der Waals surface area contributed by atoms with Gasteiger partial charge in [0.05, 0.1) is 19.5 Å². The maximum Gasteiger partial charge on any atom is 0.358 e. The van der Waals surface area contributed by atoms with Gasteiger partial charge in [-0.2, -0.15) is 0 Å². The number of hydrogen-bond donors (Lipinski definition) is 1. The monoisotopic (exact) mass is 266 g/mol. The molecular formula is C13H22N4O2. The van der Waals surface area contributed by atoms with Gasteiger partial charge in [-0.15, -0.1) is 0 Å². The maximum absolute atomic E-state index is 11.2. The van der Waals surface area contributed by atoms with E-state index in [9.17, 15) is 4.79 Å². The minimum atomic E-state index is -0.473. The number of carbonyl (C=O) groups excluding carboxylic acids is 1. The smallest absolute Gasteiger partial charge is 0.358 e. The molecule has 1 heterocycles. The van der Waals surface area contributed by atoms with E-state index in [1.807, 2.05) is 0 Å². The zero-order valence-corrected chi connectivity index (χ0v) is 11.8. The summed E-state index contributed by atoms with van der Waals surface area (Å²) < 4.78 is 4.56. The van der Waals surface area contributed by atoms with Gasteiger partial charge >= 0.3 is 5.97 Å². The van der Waals surface area contributed by atoms with Crippen LogP contribution in [0.15, 0.2) is 12.4 Å². The van der Waals surface area contributed by atoms with Crippen LogP contribution in [0, 0.1) is 0 Å². The van der Waals surface area contributed by atoms with Gasteiger partial charge < -0.3 is 15.0 Å². The van der Waals surface area contributed by atoms with Crippen molar-refractivity contribution in [2.75, 3.05) is 38.6 Å². The zero-order chi connectivity index (χ0) is 14.1. The molecule has 0 aliphatic rings. The number of anilines is 1. The SMILES string of the molecule is CCCN(CC)CCNc1cnc(C(=O)OC)cn1. The lowest BCUT2D eigenvalue weighted by Gasteiger charge is -2.19. The van der Waals surface area contributed by atoms with Crippen LogP contribution in [0.5, 0.6) is 0 Å². The summed E-state index contributed by atoms with van der Waals surface area (Å²) in [5, 5.41) is 3.18. The van der Waals surface area contributed by atoms with Crippen molar-refractivity contribution >= 4 is 11.8 Å². The van der Waals surface area contributed by atoms with Crippen LogP contribution >= 0.6 is 0 Å². The molecule has 1 aromatic rings. The molecule has 1 rings (SSSR count). The highest BCUT2D eigenvalue weighted by molar-refractivity contribution is 5.86. The molecule has 1 aromatic heterocycles. The van der Waals surface area contributed by atoms with Crippen LogP contribution in [-0.4, -0.2) is 54.1 Å². The van der Waals surface area contributed by atoms with E-state index in [1.165, 1.54) is 13.3 Å². The third-order valence-corrected chi connectivity index (χ3v) is 2.77. The normalized spacial score (nSPS) is 10.5. The summed E-state index contributed by atoms with van der Waals surface area (Å²) in [6, 6.07) is 0. The van der Waals surface area contributed by atoms with Crippen LogP contribution < -0.4 is 5.32 Å². The van der Waals surface area contributed by atoms with Crippen molar-refractivity contribution in [2.24, 2.45) is 0 Å². The average molecular weight is 266 g/mol. The van der Waals surface area contributed by atoms with Gasteiger partial charge in [-0.1, -0.05) is 13.8 Å². The molecule has 106 valence electrons. The highest BCUT2D eigenvalue weighted by Crippen LogP contribution is 2.02. The van der Waals surface area contributed by atoms with Crippen LogP contribution in [0.2, 0.25) is 0 Å². The van der Waals surface area contributed by atoms with Crippen LogP contribution in [0.3, 0.4) is 0 Å². The van der Waals surface area contributed by atoms with Crippen molar-refractivity contribution in [1.82, 2.24) is 14.9 Å². The van der Waals surface area contributed by atoms with Crippen molar-refractivity contribution in [2.45, 2.75) is 20.3 Å². The Morgan fingerprint density at radius 2 is 2.11 bits per heavy atom. The van der Waals surface area contributed by atoms with E-state index in [4.69, 9.17) is 0 Å². The standard InChI is InChI=1S/C13H22N4O2/c1-4-7-17(5-2)8-6-14-12-10-15-11(9-16-12)13(18)19-3/h9-10H,4-8H2,1-3H3,(H,14,16). The molecule has 0 spiro atoms. The first kappa shape index (κ1) is 15.4. The Bertz CT molecular complexity index is 381. The molecule has 0 amide bonds. The number of methoxy groups -OCH3 is 1. The van der Waals surface area contributed by atoms with Crippen molar-refractivity contribution < 1.29 is 9.53 Å². The number of ether oxygens (including phenoxy) is 1. The van der Waals surface area contributed by atoms with Crippen molar-refractivity contribution in [3.05, 3.63) is 18.1 Å². The molecule has 0 aromatic carbocycles. The van der Waals surface area contributed by atoms with Gasteiger partial charge in [0.15, 0.2) is 5.69 Å². The van der Waals surface area contributed by atoms with Gasteiger partial charge in [-0.05, 0) is 19.5 Å². The fourth-order valence-corrected chi connectivity index (χ4v) is 1.72. The van der Waals surface area contributed by atoms with Crippen molar-refractivity contribution in [3.63, 3.8) is 0 Å². The second kappa shape index (κ2) is 8.42. The molecule has 19 heavy (non-hydrogen) atoms. The third kappa shape index (κ3) is 5.21. The van der Waals surface area contributed by atoms with Gasteiger partial charge in [0.25, 0.3) is 0 Å². The number of nitrogens with zero attached hydrogens (tertiary/aromatic N) is 3. The first-order chi connectivity index (χ1) is 9.21. The minimum Gasteiger partial charge on any atom is -0.464 e. The van der Waals surface area contributed by atoms with Crippen LogP contribution in [-0.2, 0) is 4.74 Å². The molecule has 0 aliphatic carbocycles. The largest absolute Gasteiger partial charge is 0.464 e. The lowest BCUT2D eigenvalue weighted by molar-refractivity contribution is 0.0593. The summed E-state index contributed by atoms with van der Waals surface area (Å²) in [4.78, 5) is 21.7. The zero-order valence-electron chi connectivity index (χ0n) is 11.8. The minimum absolute atomic E-state index is 0.217. The third-order valence-electron chi connectivity index (χ3n) is 2.77. The number of likely N-dealkylation sites (N-methyl/N-ethyl adjacent to an activating group) is 1. The Labute approximate surface area is 114 Å². The summed E-state index contributed by atoms with van der Waals surface area (Å²) >= 11 is 0. The van der Waals surface area contributed by atoms with Crippen LogP contribution in [0.1, 0.15) is 30.8 Å². The number of carbonyl (C=O) groups is 1. The van der Waals surface area contributed by atoms with Gasteiger partial charge in [-0.3, -0.25) is 0 Å². The highest BCUT2D eigenvalue weighted by atomic mass is 16.5. The molecule has 0 saturated heterocycles. The average Bonchev–Trinajstić information content (AvgIpc) is 2.46. The lowest BCUT2D eigenvalue weighted by Crippen LogP contribution is -2.29. The Hall–Kier alpha value is -1.69. The predicted octanol–water partition coefficient (Wildman–Crippen LogP) is 1.41. The Kier molecular flexibility index (Phi) is 6.81. The number of nitrogens with one attached hydrogen (secondary N) is 1. The van der Waals surface area contributed by atoms with Crippen LogP contribution in [0.4, 0.5) is 5.82 Å². The predicted molar refractivity (Wildman–Crippen MR) is 74.3 cm³/mol.